The third-order valence-corrected chi connectivity index (χ3v) is 3.38. The van der Waals surface area contributed by atoms with Crippen molar-refractivity contribution in [2.24, 2.45) is 0 Å². The van der Waals surface area contributed by atoms with Crippen molar-refractivity contribution in [3.05, 3.63) is 59.7 Å². The average Bonchev–Trinajstić information content (AvgIpc) is 2.62. The zero-order valence-corrected chi connectivity index (χ0v) is 13.9. The van der Waals surface area contributed by atoms with E-state index in [2.05, 4.69) is 10.6 Å². The quantitative estimate of drug-likeness (QED) is 0.720. The summed E-state index contributed by atoms with van der Waals surface area (Å²) in [6, 6.07) is 10.6. The lowest BCUT2D eigenvalue weighted by molar-refractivity contribution is 0.236. The van der Waals surface area contributed by atoms with Crippen molar-refractivity contribution < 1.29 is 23.0 Å². The normalized spacial score (nSPS) is 10.2. The smallest absolute Gasteiger partial charge is 0.314 e. The molecule has 2 aromatic carbocycles. The molecular weight excluding hydrogens is 330 g/mol. The van der Waals surface area contributed by atoms with Crippen molar-refractivity contribution in [3.8, 4) is 11.5 Å². The molecule has 0 aliphatic heterocycles. The molecule has 2 amide bonds. The highest BCUT2D eigenvalue weighted by Crippen LogP contribution is 2.15. The minimum atomic E-state index is -0.972. The standard InChI is InChI=1S/C18H20F2N2O3/c1-24-14-4-2-3-13(11-14)7-8-21-18(23)22-9-10-25-15-5-6-16(19)17(20)12-15/h2-6,11-12H,7-10H2,1H3,(H2,21,22,23). The predicted molar refractivity (Wildman–Crippen MR) is 90.0 cm³/mol. The Bertz CT molecular complexity index is 710. The van der Waals surface area contributed by atoms with Gasteiger partial charge in [-0.1, -0.05) is 12.1 Å². The van der Waals surface area contributed by atoms with Crippen molar-refractivity contribution in [1.82, 2.24) is 10.6 Å². The summed E-state index contributed by atoms with van der Waals surface area (Å²) in [6.45, 7) is 0.862. The number of hydrogen-bond donors (Lipinski definition) is 2. The second kappa shape index (κ2) is 9.46. The number of methoxy groups -OCH3 is 1. The number of nitrogens with one attached hydrogen (secondary N) is 2. The first-order chi connectivity index (χ1) is 12.1. The number of carbonyl (C=O) groups is 1. The number of urea groups is 1. The molecule has 2 rings (SSSR count). The van der Waals surface area contributed by atoms with Crippen LogP contribution in [0.2, 0.25) is 0 Å². The van der Waals surface area contributed by atoms with Crippen LogP contribution < -0.4 is 20.1 Å². The van der Waals surface area contributed by atoms with Crippen LogP contribution in [0.5, 0.6) is 11.5 Å². The molecule has 7 heteroatoms. The molecule has 0 aliphatic carbocycles. The molecule has 5 nitrogen and oxygen atoms in total. The van der Waals surface area contributed by atoms with E-state index >= 15 is 0 Å². The van der Waals surface area contributed by atoms with Crippen molar-refractivity contribution in [1.29, 1.82) is 0 Å². The van der Waals surface area contributed by atoms with Gasteiger partial charge in [-0.25, -0.2) is 13.6 Å². The summed E-state index contributed by atoms with van der Waals surface area (Å²) >= 11 is 0. The zero-order chi connectivity index (χ0) is 18.1. The molecule has 0 fully saturated rings. The highest BCUT2D eigenvalue weighted by molar-refractivity contribution is 5.73. The van der Waals surface area contributed by atoms with Gasteiger partial charge in [0.2, 0.25) is 0 Å². The van der Waals surface area contributed by atoms with E-state index in [0.717, 1.165) is 23.4 Å². The molecule has 0 spiro atoms. The highest BCUT2D eigenvalue weighted by Gasteiger charge is 2.04. The molecule has 0 radical (unpaired) electrons. The molecule has 134 valence electrons. The van der Waals surface area contributed by atoms with Crippen LogP contribution in [0, 0.1) is 11.6 Å². The Morgan fingerprint density at radius 1 is 1.00 bits per heavy atom. The molecule has 0 bridgehead atoms. The largest absolute Gasteiger partial charge is 0.497 e. The Kier molecular flexibility index (Phi) is 7.00. The minimum Gasteiger partial charge on any atom is -0.497 e. The van der Waals surface area contributed by atoms with Crippen LogP contribution >= 0.6 is 0 Å². The lowest BCUT2D eigenvalue weighted by Gasteiger charge is -2.09. The fourth-order valence-corrected chi connectivity index (χ4v) is 2.11. The van der Waals surface area contributed by atoms with Gasteiger partial charge in [-0.15, -0.1) is 0 Å². The van der Waals surface area contributed by atoms with Crippen LogP contribution in [0.3, 0.4) is 0 Å². The second-order valence-electron chi connectivity index (χ2n) is 5.21. The van der Waals surface area contributed by atoms with Gasteiger partial charge in [0.25, 0.3) is 0 Å². The van der Waals surface area contributed by atoms with E-state index in [0.29, 0.717) is 13.0 Å². The third-order valence-electron chi connectivity index (χ3n) is 3.38. The highest BCUT2D eigenvalue weighted by atomic mass is 19.2. The molecule has 0 unspecified atom stereocenters. The van der Waals surface area contributed by atoms with Gasteiger partial charge in [-0.2, -0.15) is 0 Å². The molecule has 2 N–H and O–H groups in total. The summed E-state index contributed by atoms with van der Waals surface area (Å²) in [7, 11) is 1.60. The lowest BCUT2D eigenvalue weighted by Crippen LogP contribution is -2.38. The number of rotatable bonds is 8. The van der Waals surface area contributed by atoms with Crippen LogP contribution in [0.25, 0.3) is 0 Å². The average molecular weight is 350 g/mol. The second-order valence-corrected chi connectivity index (χ2v) is 5.21. The van der Waals surface area contributed by atoms with E-state index < -0.39 is 11.6 Å². The topological polar surface area (TPSA) is 59.6 Å². The summed E-state index contributed by atoms with van der Waals surface area (Å²) in [6.07, 6.45) is 0.677. The fourth-order valence-electron chi connectivity index (χ4n) is 2.11. The van der Waals surface area contributed by atoms with Crippen molar-refractivity contribution in [3.63, 3.8) is 0 Å². The number of halogens is 2. The first kappa shape index (κ1) is 18.5. The van der Waals surface area contributed by atoms with E-state index in [-0.39, 0.29) is 24.9 Å². The Morgan fingerprint density at radius 3 is 2.56 bits per heavy atom. The molecule has 0 saturated carbocycles. The first-order valence-electron chi connectivity index (χ1n) is 7.81. The van der Waals surface area contributed by atoms with E-state index in [9.17, 15) is 13.6 Å². The van der Waals surface area contributed by atoms with Gasteiger partial charge in [0, 0.05) is 12.6 Å². The van der Waals surface area contributed by atoms with E-state index in [1.54, 1.807) is 7.11 Å². The summed E-state index contributed by atoms with van der Waals surface area (Å²) in [5.74, 6) is -0.919. The number of hydrogen-bond acceptors (Lipinski definition) is 3. The lowest BCUT2D eigenvalue weighted by atomic mass is 10.1. The van der Waals surface area contributed by atoms with Gasteiger partial charge in [-0.05, 0) is 36.2 Å². The Balaban J connectivity index is 1.61. The Morgan fingerprint density at radius 2 is 1.80 bits per heavy atom. The predicted octanol–water partition coefficient (Wildman–Crippen LogP) is 2.89. The van der Waals surface area contributed by atoms with Gasteiger partial charge in [0.1, 0.15) is 18.1 Å². The van der Waals surface area contributed by atoms with Crippen LogP contribution in [0.4, 0.5) is 13.6 Å². The molecule has 0 aliphatic rings. The Hall–Kier alpha value is -2.83. The molecule has 0 saturated heterocycles. The monoisotopic (exact) mass is 350 g/mol. The molecule has 0 heterocycles. The van der Waals surface area contributed by atoms with Gasteiger partial charge in [-0.3, -0.25) is 0 Å². The number of amides is 2. The Labute approximate surface area is 144 Å². The van der Waals surface area contributed by atoms with Gasteiger partial charge < -0.3 is 20.1 Å². The van der Waals surface area contributed by atoms with E-state index in [1.807, 2.05) is 24.3 Å². The van der Waals surface area contributed by atoms with Crippen molar-refractivity contribution in [2.45, 2.75) is 6.42 Å². The first-order valence-corrected chi connectivity index (χ1v) is 7.81. The maximum Gasteiger partial charge on any atom is 0.314 e. The fraction of sp³-hybridized carbons (Fsp3) is 0.278. The van der Waals surface area contributed by atoms with Gasteiger partial charge in [0.15, 0.2) is 11.6 Å². The molecular formula is C18H20F2N2O3. The maximum absolute atomic E-state index is 13.0. The molecule has 25 heavy (non-hydrogen) atoms. The van der Waals surface area contributed by atoms with Gasteiger partial charge in [0.05, 0.1) is 13.7 Å². The summed E-state index contributed by atoms with van der Waals surface area (Å²) in [5, 5.41) is 5.35. The zero-order valence-electron chi connectivity index (χ0n) is 13.9. The summed E-state index contributed by atoms with van der Waals surface area (Å²) in [5.41, 5.74) is 1.06. The van der Waals surface area contributed by atoms with Crippen LogP contribution in [0.1, 0.15) is 5.56 Å². The van der Waals surface area contributed by atoms with Crippen LogP contribution in [-0.4, -0.2) is 32.8 Å². The summed E-state index contributed by atoms with van der Waals surface area (Å²) < 4.78 is 36.1. The van der Waals surface area contributed by atoms with Crippen LogP contribution in [-0.2, 0) is 6.42 Å². The molecule has 2 aromatic rings. The number of carbonyl (C=O) groups excluding carboxylic acids is 1. The van der Waals surface area contributed by atoms with Gasteiger partial charge >= 0.3 is 6.03 Å². The maximum atomic E-state index is 13.0. The summed E-state index contributed by atoms with van der Waals surface area (Å²) in [4.78, 5) is 11.7. The van der Waals surface area contributed by atoms with E-state index in [4.69, 9.17) is 9.47 Å². The van der Waals surface area contributed by atoms with Crippen molar-refractivity contribution in [2.75, 3.05) is 26.8 Å². The van der Waals surface area contributed by atoms with E-state index in [1.165, 1.54) is 6.07 Å². The molecule has 0 atom stereocenters. The third kappa shape index (κ3) is 6.29. The molecule has 0 aromatic heterocycles. The SMILES string of the molecule is COc1cccc(CCNC(=O)NCCOc2ccc(F)c(F)c2)c1. The van der Waals surface area contributed by atoms with Crippen molar-refractivity contribution >= 4 is 6.03 Å². The number of benzene rings is 2. The number of ether oxygens (including phenoxy) is 2. The van der Waals surface area contributed by atoms with Crippen LogP contribution in [0.15, 0.2) is 42.5 Å². The minimum absolute atomic E-state index is 0.147.